The van der Waals surface area contributed by atoms with E-state index in [4.69, 9.17) is 21.1 Å². The summed E-state index contributed by atoms with van der Waals surface area (Å²) in [6.07, 6.45) is 1.54. The molecule has 1 amide bonds. The van der Waals surface area contributed by atoms with Crippen LogP contribution >= 0.6 is 27.5 Å². The predicted molar refractivity (Wildman–Crippen MR) is 98.1 cm³/mol. The van der Waals surface area contributed by atoms with Crippen molar-refractivity contribution in [2.75, 3.05) is 13.7 Å². The predicted octanol–water partition coefficient (Wildman–Crippen LogP) is 3.95. The van der Waals surface area contributed by atoms with Crippen molar-refractivity contribution >= 4 is 39.7 Å². The third-order valence-corrected chi connectivity index (χ3v) is 4.12. The highest BCUT2D eigenvalue weighted by atomic mass is 79.9. The number of hydrogen-bond donors (Lipinski definition) is 1. The second-order valence-electron chi connectivity index (χ2n) is 4.89. The van der Waals surface area contributed by atoms with Crippen LogP contribution in [0, 0.1) is 6.92 Å². The lowest BCUT2D eigenvalue weighted by Gasteiger charge is -2.06. The molecule has 2 aromatic rings. The van der Waals surface area contributed by atoms with E-state index in [1.54, 1.807) is 31.4 Å². The Kier molecular flexibility index (Phi) is 6.63. The largest absolute Gasteiger partial charge is 0.496 e. The highest BCUT2D eigenvalue weighted by Gasteiger charge is 2.03. The molecule has 0 spiro atoms. The Morgan fingerprint density at radius 1 is 1.33 bits per heavy atom. The van der Waals surface area contributed by atoms with Gasteiger partial charge in [-0.2, -0.15) is 5.10 Å². The van der Waals surface area contributed by atoms with Gasteiger partial charge >= 0.3 is 0 Å². The van der Waals surface area contributed by atoms with Crippen molar-refractivity contribution in [3.05, 3.63) is 57.0 Å². The van der Waals surface area contributed by atoms with Crippen molar-refractivity contribution in [1.82, 2.24) is 5.43 Å². The number of methoxy groups -OCH3 is 1. The van der Waals surface area contributed by atoms with Gasteiger partial charge in [0.05, 0.1) is 17.8 Å². The molecular formula is C17H16BrClN2O3. The van der Waals surface area contributed by atoms with Gasteiger partial charge < -0.3 is 9.47 Å². The Morgan fingerprint density at radius 2 is 2.12 bits per heavy atom. The lowest BCUT2D eigenvalue weighted by Crippen LogP contribution is -2.24. The summed E-state index contributed by atoms with van der Waals surface area (Å²) in [5, 5.41) is 4.55. The van der Waals surface area contributed by atoms with Crippen LogP contribution in [0.5, 0.6) is 11.5 Å². The first-order chi connectivity index (χ1) is 11.5. The second kappa shape index (κ2) is 8.70. The molecular weight excluding hydrogens is 396 g/mol. The van der Waals surface area contributed by atoms with E-state index in [0.717, 1.165) is 21.3 Å². The molecule has 0 aliphatic rings. The average molecular weight is 412 g/mol. The maximum Gasteiger partial charge on any atom is 0.277 e. The van der Waals surface area contributed by atoms with Gasteiger partial charge in [-0.3, -0.25) is 4.79 Å². The normalized spacial score (nSPS) is 10.7. The fourth-order valence-corrected chi connectivity index (χ4v) is 2.51. The number of halogens is 2. The molecule has 2 aromatic carbocycles. The molecule has 0 fully saturated rings. The van der Waals surface area contributed by atoms with E-state index in [9.17, 15) is 4.79 Å². The van der Waals surface area contributed by atoms with Gasteiger partial charge in [-0.05, 0) is 70.4 Å². The van der Waals surface area contributed by atoms with Crippen LogP contribution in [0.4, 0.5) is 0 Å². The Bertz CT molecular complexity index is 765. The third-order valence-electron chi connectivity index (χ3n) is 3.08. The minimum Gasteiger partial charge on any atom is -0.496 e. The summed E-state index contributed by atoms with van der Waals surface area (Å²) >= 11 is 9.32. The number of ether oxygens (including phenoxy) is 2. The number of carbonyl (C=O) groups is 1. The third kappa shape index (κ3) is 5.25. The highest BCUT2D eigenvalue weighted by molar-refractivity contribution is 9.10. The molecule has 126 valence electrons. The average Bonchev–Trinajstić information content (AvgIpc) is 2.56. The SMILES string of the molecule is COc1ccc(/C=N/NC(=O)COc2ccc(Cl)c(C)c2)cc1Br. The molecule has 0 aromatic heterocycles. The number of amides is 1. The molecule has 0 radical (unpaired) electrons. The number of benzene rings is 2. The van der Waals surface area contributed by atoms with Gasteiger partial charge in [-0.15, -0.1) is 0 Å². The van der Waals surface area contributed by atoms with Crippen molar-refractivity contribution < 1.29 is 14.3 Å². The summed E-state index contributed by atoms with van der Waals surface area (Å²) in [5.74, 6) is 0.949. The highest BCUT2D eigenvalue weighted by Crippen LogP contribution is 2.24. The van der Waals surface area contributed by atoms with Crippen LogP contribution in [0.2, 0.25) is 5.02 Å². The molecule has 0 heterocycles. The minimum atomic E-state index is -0.355. The van der Waals surface area contributed by atoms with Crippen molar-refractivity contribution in [2.24, 2.45) is 5.10 Å². The van der Waals surface area contributed by atoms with E-state index < -0.39 is 0 Å². The van der Waals surface area contributed by atoms with Crippen molar-refractivity contribution in [2.45, 2.75) is 6.92 Å². The second-order valence-corrected chi connectivity index (χ2v) is 6.15. The Balaban J connectivity index is 1.84. The van der Waals surface area contributed by atoms with Crippen LogP contribution in [0.25, 0.3) is 0 Å². The van der Waals surface area contributed by atoms with Gasteiger partial charge in [-0.1, -0.05) is 11.6 Å². The van der Waals surface area contributed by atoms with Gasteiger partial charge in [-0.25, -0.2) is 5.43 Å². The van der Waals surface area contributed by atoms with Gasteiger partial charge in [0.2, 0.25) is 0 Å². The van der Waals surface area contributed by atoms with Crippen LogP contribution in [0.3, 0.4) is 0 Å². The van der Waals surface area contributed by atoms with Gasteiger partial charge in [0.25, 0.3) is 5.91 Å². The first-order valence-electron chi connectivity index (χ1n) is 7.04. The quantitative estimate of drug-likeness (QED) is 0.578. The molecule has 1 N–H and O–H groups in total. The summed E-state index contributed by atoms with van der Waals surface area (Å²) in [5.41, 5.74) is 4.11. The molecule has 0 aliphatic heterocycles. The topological polar surface area (TPSA) is 59.9 Å². The van der Waals surface area contributed by atoms with Crippen molar-refractivity contribution in [1.29, 1.82) is 0 Å². The zero-order valence-corrected chi connectivity index (χ0v) is 15.5. The number of rotatable bonds is 6. The maximum absolute atomic E-state index is 11.7. The first kappa shape index (κ1) is 18.3. The van der Waals surface area contributed by atoms with E-state index in [2.05, 4.69) is 26.5 Å². The molecule has 0 atom stereocenters. The van der Waals surface area contributed by atoms with Crippen LogP contribution < -0.4 is 14.9 Å². The molecule has 5 nitrogen and oxygen atoms in total. The zero-order chi connectivity index (χ0) is 17.5. The van der Waals surface area contributed by atoms with Gasteiger partial charge in [0, 0.05) is 5.02 Å². The summed E-state index contributed by atoms with van der Waals surface area (Å²) in [7, 11) is 1.59. The summed E-state index contributed by atoms with van der Waals surface area (Å²) in [6.45, 7) is 1.73. The minimum absolute atomic E-state index is 0.134. The van der Waals surface area contributed by atoms with Crippen LogP contribution in [0.15, 0.2) is 46.0 Å². The van der Waals surface area contributed by atoms with E-state index in [1.807, 2.05) is 19.1 Å². The molecule has 0 aliphatic carbocycles. The maximum atomic E-state index is 11.7. The summed E-state index contributed by atoms with van der Waals surface area (Å²) in [6, 6.07) is 10.7. The molecule has 2 rings (SSSR count). The fourth-order valence-electron chi connectivity index (χ4n) is 1.83. The number of hydrogen-bond acceptors (Lipinski definition) is 4. The van der Waals surface area contributed by atoms with Crippen molar-refractivity contribution in [3.63, 3.8) is 0 Å². The fraction of sp³-hybridized carbons (Fsp3) is 0.176. The lowest BCUT2D eigenvalue weighted by atomic mass is 10.2. The standard InChI is InChI=1S/C17H16BrClN2O3/c1-11-7-13(4-5-15(11)19)24-10-17(22)21-20-9-12-3-6-16(23-2)14(18)8-12/h3-9H,10H2,1-2H3,(H,21,22)/b20-9+. The van der Waals surface area contributed by atoms with Crippen LogP contribution in [-0.4, -0.2) is 25.8 Å². The monoisotopic (exact) mass is 410 g/mol. The number of nitrogens with one attached hydrogen (secondary N) is 1. The van der Waals surface area contributed by atoms with E-state index in [0.29, 0.717) is 10.8 Å². The molecule has 24 heavy (non-hydrogen) atoms. The Morgan fingerprint density at radius 3 is 2.79 bits per heavy atom. The smallest absolute Gasteiger partial charge is 0.277 e. The molecule has 0 saturated heterocycles. The molecule has 7 heteroatoms. The van der Waals surface area contributed by atoms with E-state index in [-0.39, 0.29) is 12.5 Å². The van der Waals surface area contributed by atoms with Crippen LogP contribution in [-0.2, 0) is 4.79 Å². The van der Waals surface area contributed by atoms with E-state index >= 15 is 0 Å². The van der Waals surface area contributed by atoms with Crippen LogP contribution in [0.1, 0.15) is 11.1 Å². The molecule has 0 bridgehead atoms. The molecule has 0 saturated carbocycles. The summed E-state index contributed by atoms with van der Waals surface area (Å²) in [4.78, 5) is 11.7. The molecule has 0 unspecified atom stereocenters. The van der Waals surface area contributed by atoms with Gasteiger partial charge in [0.15, 0.2) is 6.61 Å². The van der Waals surface area contributed by atoms with Gasteiger partial charge in [0.1, 0.15) is 11.5 Å². The lowest BCUT2D eigenvalue weighted by molar-refractivity contribution is -0.123. The Hall–Kier alpha value is -2.05. The summed E-state index contributed by atoms with van der Waals surface area (Å²) < 4.78 is 11.3. The zero-order valence-electron chi connectivity index (χ0n) is 13.2. The number of hydrazone groups is 1. The first-order valence-corrected chi connectivity index (χ1v) is 8.21. The van der Waals surface area contributed by atoms with E-state index in [1.165, 1.54) is 6.21 Å². The number of carbonyl (C=O) groups excluding carboxylic acids is 1. The number of nitrogens with zero attached hydrogens (tertiary/aromatic N) is 1. The number of aryl methyl sites for hydroxylation is 1. The Labute approximate surface area is 153 Å². The van der Waals surface area contributed by atoms with Crippen molar-refractivity contribution in [3.8, 4) is 11.5 Å².